The van der Waals surface area contributed by atoms with Gasteiger partial charge in [0.05, 0.1) is 26.4 Å². The van der Waals surface area contributed by atoms with Gasteiger partial charge in [-0.1, -0.05) is 383 Å². The second-order valence-corrected chi connectivity index (χ2v) is 34.0. The summed E-state index contributed by atoms with van der Waals surface area (Å²) in [5.41, 5.74) is 0. The van der Waals surface area contributed by atoms with E-state index in [0.29, 0.717) is 19.3 Å². The average molecular weight is 1700 g/mol. The Labute approximate surface area is 725 Å². The van der Waals surface area contributed by atoms with E-state index >= 15 is 0 Å². The van der Waals surface area contributed by atoms with Crippen LogP contribution in [-0.2, 0) is 55.8 Å². The van der Waals surface area contributed by atoms with E-state index < -0.39 is 91.5 Å². The van der Waals surface area contributed by atoms with Gasteiger partial charge < -0.3 is 34.2 Å². The highest BCUT2D eigenvalue weighted by Crippen LogP contribution is 2.45. The van der Waals surface area contributed by atoms with Crippen LogP contribution < -0.4 is 0 Å². The van der Waals surface area contributed by atoms with Crippen LogP contribution in [0.15, 0.2) is 182 Å². The van der Waals surface area contributed by atoms with Crippen LogP contribution in [0.3, 0.4) is 0 Å². The van der Waals surface area contributed by atoms with Gasteiger partial charge >= 0.3 is 33.6 Å². The van der Waals surface area contributed by atoms with Gasteiger partial charge in [0.1, 0.15) is 25.4 Å². The average Bonchev–Trinajstić information content (AvgIpc) is 0.913. The lowest BCUT2D eigenvalue weighted by atomic mass is 10.0. The van der Waals surface area contributed by atoms with Crippen molar-refractivity contribution in [2.75, 3.05) is 39.6 Å². The molecule has 0 fully saturated rings. The zero-order chi connectivity index (χ0) is 86.5. The lowest BCUT2D eigenvalue weighted by molar-refractivity contribution is -0.161. The first-order valence-corrected chi connectivity index (χ1v) is 50.1. The van der Waals surface area contributed by atoms with Crippen molar-refractivity contribution in [2.45, 2.75) is 399 Å². The summed E-state index contributed by atoms with van der Waals surface area (Å²) < 4.78 is 61.5. The Balaban J connectivity index is 4.58. The predicted octanol–water partition coefficient (Wildman–Crippen LogP) is 29.2. The number of unbranched alkanes of at least 4 members (excludes halogenated alkanes) is 35. The molecule has 0 bridgehead atoms. The molecule has 0 aliphatic carbocycles. The summed E-state index contributed by atoms with van der Waals surface area (Å²) in [6.07, 6.45) is 121. The largest absolute Gasteiger partial charge is 0.472 e. The molecule has 0 rings (SSSR count). The smallest absolute Gasteiger partial charge is 0.463 e. The fourth-order valence-corrected chi connectivity index (χ4v) is 14.1. The Morgan fingerprint density at radius 1 is 0.244 bits per heavy atom. The number of carbonyl (C=O) groups excluding carboxylic acids is 3. The van der Waals surface area contributed by atoms with Gasteiger partial charge in [0.15, 0.2) is 6.10 Å². The quantitative estimate of drug-likeness (QED) is 0.0146. The summed E-state index contributed by atoms with van der Waals surface area (Å²) in [5.74, 6) is -1.61. The third kappa shape index (κ3) is 93.2. The molecule has 0 aromatic heterocycles. The van der Waals surface area contributed by atoms with Gasteiger partial charge in [-0.15, -0.1) is 0 Å². The second-order valence-electron chi connectivity index (χ2n) is 31.0. The van der Waals surface area contributed by atoms with Gasteiger partial charge in [0.25, 0.3) is 0 Å². The van der Waals surface area contributed by atoms with Gasteiger partial charge in [-0.2, -0.15) is 0 Å². The molecular formula is C101H170O16P2. The topological polar surface area (TPSA) is 231 Å². The first-order valence-electron chi connectivity index (χ1n) is 47.1. The number of carbonyl (C=O) groups is 3. The number of phosphoric ester groups is 2. The van der Waals surface area contributed by atoms with E-state index in [9.17, 15) is 43.5 Å². The van der Waals surface area contributed by atoms with Crippen LogP contribution in [0, 0.1) is 0 Å². The summed E-state index contributed by atoms with van der Waals surface area (Å²) in [6.45, 7) is 2.43. The molecule has 0 aromatic rings. The molecule has 680 valence electrons. The van der Waals surface area contributed by atoms with E-state index in [-0.39, 0.29) is 19.3 Å². The summed E-state index contributed by atoms with van der Waals surface area (Å²) in [6, 6.07) is 0. The molecule has 0 aromatic carbocycles. The van der Waals surface area contributed by atoms with Gasteiger partial charge in [0, 0.05) is 19.3 Å². The molecule has 0 heterocycles. The summed E-state index contributed by atoms with van der Waals surface area (Å²) in [7, 11) is -9.83. The zero-order valence-electron chi connectivity index (χ0n) is 75.0. The number of allylic oxidation sites excluding steroid dienone is 30. The van der Waals surface area contributed by atoms with E-state index in [1.165, 1.54) is 154 Å². The fraction of sp³-hybridized carbons (Fsp3) is 0.673. The third-order valence-corrected chi connectivity index (χ3v) is 21.5. The van der Waals surface area contributed by atoms with Gasteiger partial charge in [0.2, 0.25) is 0 Å². The first-order chi connectivity index (χ1) is 58.2. The summed E-state index contributed by atoms with van der Waals surface area (Å²) >= 11 is 0. The molecule has 119 heavy (non-hydrogen) atoms. The van der Waals surface area contributed by atoms with Crippen molar-refractivity contribution in [3.63, 3.8) is 0 Å². The summed E-state index contributed by atoms with van der Waals surface area (Å²) in [5, 5.41) is 20.7. The Bertz CT molecular complexity index is 2890. The number of aliphatic hydroxyl groups is 2. The van der Waals surface area contributed by atoms with Crippen LogP contribution in [0.2, 0.25) is 0 Å². The van der Waals surface area contributed by atoms with Crippen LogP contribution in [0.25, 0.3) is 0 Å². The SMILES string of the molecule is CC/C=C\C/C=C\C/C=C\C/C=C\C/C=C\C/C=C\CCCCCCC(=O)OC(COC(=O)CCCCCCCCCCC/C=C\C/C=C\C/C=C\C/C=C\CCCCC)COP(=O)(O)OCC(O)COP(=O)(O)OCC(O)COC(=O)CCCCCCCCCCCCCCCCCCCCC/C=C\C/C=C\C/C=C\C/C=C\C/C=C\CC. The van der Waals surface area contributed by atoms with Crippen molar-refractivity contribution in [3.05, 3.63) is 182 Å². The standard InChI is InChI=1S/C101H170O16P2/c1-4-7-10-13-16-19-22-25-28-31-34-37-40-42-43-44-45-46-47-48-49-50-51-53-56-57-60-63-66-69-72-75-78-81-84-87-99(104)111-90-96(102)91-113-118(107,108)114-92-97(103)93-115-119(109,110)116-95-98(117-101(106)89-86-83-80-77-74-71-68-65-62-59-54-39-36-33-30-27-24-21-18-15-12-9-6-3)94-112-100(105)88-85-82-79-76-73-70-67-64-61-58-55-52-41-38-35-32-29-26-23-20-17-14-11-8-5-2/h7,9-10,12,16-21,25-30,34-39,42-43,52,55,59,62,68,71,96-98,102-103H,4-6,8,11,13-15,22-24,31-33,40-41,44-51,53-54,56-58,60-61,63-67,69-70,72-95H2,1-3H3,(H,107,108)(H,109,110)/b10-7-,12-9-,19-16-,20-17-,21-18-,28-25-,29-26-,30-27-,37-34-,38-35-,39-36-,43-42-,55-52-,62-59-,71-68-. The van der Waals surface area contributed by atoms with Crippen molar-refractivity contribution in [2.24, 2.45) is 0 Å². The van der Waals surface area contributed by atoms with E-state index in [1.807, 2.05) is 0 Å². The molecule has 5 atom stereocenters. The fourth-order valence-electron chi connectivity index (χ4n) is 12.5. The minimum atomic E-state index is -4.96. The molecule has 0 amide bonds. The normalized spacial score (nSPS) is 14.6. The van der Waals surface area contributed by atoms with E-state index in [0.717, 1.165) is 167 Å². The highest BCUT2D eigenvalue weighted by Gasteiger charge is 2.29. The number of aliphatic hydroxyl groups excluding tert-OH is 2. The van der Waals surface area contributed by atoms with Crippen molar-refractivity contribution in [3.8, 4) is 0 Å². The van der Waals surface area contributed by atoms with Crippen molar-refractivity contribution in [1.29, 1.82) is 0 Å². The molecule has 0 aliphatic rings. The van der Waals surface area contributed by atoms with Crippen molar-refractivity contribution >= 4 is 33.6 Å². The number of phosphoric acid groups is 2. The Hall–Kier alpha value is -5.35. The number of ether oxygens (including phenoxy) is 3. The molecule has 16 nitrogen and oxygen atoms in total. The minimum absolute atomic E-state index is 0.0678. The first kappa shape index (κ1) is 114. The van der Waals surface area contributed by atoms with Crippen molar-refractivity contribution in [1.82, 2.24) is 0 Å². The van der Waals surface area contributed by atoms with Crippen LogP contribution in [0.4, 0.5) is 0 Å². The lowest BCUT2D eigenvalue weighted by Crippen LogP contribution is -2.30. The van der Waals surface area contributed by atoms with Crippen LogP contribution in [-0.4, -0.2) is 95.9 Å². The number of hydrogen-bond acceptors (Lipinski definition) is 14. The van der Waals surface area contributed by atoms with Crippen LogP contribution in [0.1, 0.15) is 380 Å². The zero-order valence-corrected chi connectivity index (χ0v) is 76.8. The molecule has 5 unspecified atom stereocenters. The predicted molar refractivity (Wildman–Crippen MR) is 500 cm³/mol. The van der Waals surface area contributed by atoms with Gasteiger partial charge in [-0.05, 0) is 161 Å². The molecule has 0 spiro atoms. The molecule has 18 heteroatoms. The molecule has 0 saturated carbocycles. The van der Waals surface area contributed by atoms with Gasteiger partial charge in [-0.3, -0.25) is 32.5 Å². The highest BCUT2D eigenvalue weighted by molar-refractivity contribution is 7.47. The van der Waals surface area contributed by atoms with E-state index in [1.54, 1.807) is 0 Å². The molecule has 0 saturated heterocycles. The number of esters is 3. The monoisotopic (exact) mass is 1700 g/mol. The molecule has 0 radical (unpaired) electrons. The van der Waals surface area contributed by atoms with Gasteiger partial charge in [-0.25, -0.2) is 9.13 Å². The lowest BCUT2D eigenvalue weighted by Gasteiger charge is -2.21. The van der Waals surface area contributed by atoms with Crippen molar-refractivity contribution < 1.29 is 75.8 Å². The summed E-state index contributed by atoms with van der Waals surface area (Å²) in [4.78, 5) is 59.0. The molecule has 4 N–H and O–H groups in total. The van der Waals surface area contributed by atoms with E-state index in [2.05, 4.69) is 203 Å². The number of rotatable bonds is 88. The Morgan fingerprint density at radius 3 is 0.706 bits per heavy atom. The molecular weight excluding hydrogens is 1530 g/mol. The Morgan fingerprint density at radius 2 is 0.445 bits per heavy atom. The number of hydrogen-bond donors (Lipinski definition) is 4. The maximum Gasteiger partial charge on any atom is 0.472 e. The maximum absolute atomic E-state index is 13.1. The Kier molecular flexibility index (Phi) is 87.7. The minimum Gasteiger partial charge on any atom is -0.463 e. The molecule has 0 aliphatic heterocycles. The van der Waals surface area contributed by atoms with E-state index in [4.69, 9.17) is 32.3 Å². The second kappa shape index (κ2) is 91.8. The van der Waals surface area contributed by atoms with Crippen LogP contribution >= 0.6 is 15.6 Å². The van der Waals surface area contributed by atoms with Crippen LogP contribution in [0.5, 0.6) is 0 Å². The third-order valence-electron chi connectivity index (χ3n) is 19.6. The highest BCUT2D eigenvalue weighted by atomic mass is 31.2. The maximum atomic E-state index is 13.1.